The van der Waals surface area contributed by atoms with E-state index in [-0.39, 0.29) is 24.3 Å². The second-order valence-corrected chi connectivity index (χ2v) is 5.33. The molecule has 0 radical (unpaired) electrons. The van der Waals surface area contributed by atoms with Crippen LogP contribution >= 0.6 is 0 Å². The number of anilines is 1. The van der Waals surface area contributed by atoms with Gasteiger partial charge in [0.25, 0.3) is 0 Å². The summed E-state index contributed by atoms with van der Waals surface area (Å²) in [5, 5.41) is 0. The van der Waals surface area contributed by atoms with Crippen molar-refractivity contribution in [3.8, 4) is 0 Å². The topological polar surface area (TPSA) is 78.5 Å². The molecular formula is C13H20N4O3. The van der Waals surface area contributed by atoms with E-state index in [2.05, 4.69) is 9.97 Å². The van der Waals surface area contributed by atoms with Crippen molar-refractivity contribution in [1.82, 2.24) is 14.9 Å². The van der Waals surface area contributed by atoms with Crippen molar-refractivity contribution in [1.29, 1.82) is 0 Å². The first kappa shape index (κ1) is 14.5. The van der Waals surface area contributed by atoms with E-state index < -0.39 is 0 Å². The summed E-state index contributed by atoms with van der Waals surface area (Å²) in [5.74, 6) is 1.26. The number of aromatic amines is 1. The fourth-order valence-corrected chi connectivity index (χ4v) is 2.18. The standard InChI is InChI=1S/C13H20N4O3/c1-8(2)6-17-12-9(14-10(15-12)7-20-4)5-11(18)16(3)13(17)19/h8H,5-7H2,1-4H3,(H,14,15). The predicted molar refractivity (Wildman–Crippen MR) is 73.4 cm³/mol. The van der Waals surface area contributed by atoms with Gasteiger partial charge in [-0.1, -0.05) is 13.8 Å². The number of nitrogens with zero attached hydrogens (tertiary/aromatic N) is 3. The Hall–Kier alpha value is -1.89. The first-order valence-electron chi connectivity index (χ1n) is 6.58. The zero-order chi connectivity index (χ0) is 14.9. The molecule has 1 N–H and O–H groups in total. The molecule has 0 aromatic carbocycles. The van der Waals surface area contributed by atoms with E-state index in [0.29, 0.717) is 30.5 Å². The Labute approximate surface area is 117 Å². The van der Waals surface area contributed by atoms with Gasteiger partial charge in [-0.3, -0.25) is 14.6 Å². The van der Waals surface area contributed by atoms with E-state index in [9.17, 15) is 9.59 Å². The van der Waals surface area contributed by atoms with Crippen LogP contribution < -0.4 is 4.90 Å². The minimum Gasteiger partial charge on any atom is -0.377 e. The Bertz CT molecular complexity index is 524. The molecule has 2 rings (SSSR count). The van der Waals surface area contributed by atoms with Crippen LogP contribution in [0.5, 0.6) is 0 Å². The Morgan fingerprint density at radius 2 is 2.10 bits per heavy atom. The number of rotatable bonds is 4. The average molecular weight is 280 g/mol. The van der Waals surface area contributed by atoms with E-state index in [0.717, 1.165) is 4.90 Å². The number of imide groups is 1. The lowest BCUT2D eigenvalue weighted by Crippen LogP contribution is -2.44. The Kier molecular flexibility index (Phi) is 4.08. The molecule has 7 nitrogen and oxygen atoms in total. The SMILES string of the molecule is COCc1nc2c([nH]1)N(CC(C)C)C(=O)N(C)C(=O)C2. The maximum Gasteiger partial charge on any atom is 0.332 e. The molecular weight excluding hydrogens is 260 g/mol. The van der Waals surface area contributed by atoms with Gasteiger partial charge < -0.3 is 9.72 Å². The van der Waals surface area contributed by atoms with Crippen LogP contribution in [-0.2, 0) is 22.6 Å². The molecule has 110 valence electrons. The number of likely N-dealkylation sites (N-methyl/N-ethyl adjacent to an activating group) is 1. The van der Waals surface area contributed by atoms with Gasteiger partial charge in [0, 0.05) is 20.7 Å². The van der Waals surface area contributed by atoms with Crippen molar-refractivity contribution in [2.75, 3.05) is 25.6 Å². The lowest BCUT2D eigenvalue weighted by molar-refractivity contribution is -0.126. The Morgan fingerprint density at radius 1 is 1.40 bits per heavy atom. The molecule has 1 aliphatic heterocycles. The van der Waals surface area contributed by atoms with Crippen LogP contribution in [0.15, 0.2) is 0 Å². The third-order valence-electron chi connectivity index (χ3n) is 3.12. The predicted octanol–water partition coefficient (Wildman–Crippen LogP) is 1.15. The second kappa shape index (κ2) is 5.62. The summed E-state index contributed by atoms with van der Waals surface area (Å²) in [6, 6.07) is -0.324. The largest absolute Gasteiger partial charge is 0.377 e. The minimum absolute atomic E-state index is 0.117. The molecule has 0 saturated carbocycles. The van der Waals surface area contributed by atoms with Crippen LogP contribution in [0.25, 0.3) is 0 Å². The first-order valence-corrected chi connectivity index (χ1v) is 6.58. The van der Waals surface area contributed by atoms with Crippen molar-refractivity contribution < 1.29 is 14.3 Å². The maximum atomic E-state index is 12.4. The monoisotopic (exact) mass is 280 g/mol. The molecule has 0 spiro atoms. The summed E-state index contributed by atoms with van der Waals surface area (Å²) < 4.78 is 5.04. The average Bonchev–Trinajstić information content (AvgIpc) is 2.73. The molecule has 7 heteroatoms. The van der Waals surface area contributed by atoms with Crippen LogP contribution in [0, 0.1) is 5.92 Å². The lowest BCUT2D eigenvalue weighted by atomic mass is 10.2. The molecule has 0 saturated heterocycles. The summed E-state index contributed by atoms with van der Waals surface area (Å²) >= 11 is 0. The summed E-state index contributed by atoms with van der Waals surface area (Å²) in [7, 11) is 3.07. The highest BCUT2D eigenvalue weighted by Crippen LogP contribution is 2.25. The number of nitrogens with one attached hydrogen (secondary N) is 1. The van der Waals surface area contributed by atoms with Gasteiger partial charge in [0.2, 0.25) is 5.91 Å². The van der Waals surface area contributed by atoms with Gasteiger partial charge in [-0.15, -0.1) is 0 Å². The number of urea groups is 1. The lowest BCUT2D eigenvalue weighted by Gasteiger charge is -2.25. The molecule has 2 heterocycles. The molecule has 0 bridgehead atoms. The first-order chi connectivity index (χ1) is 9.43. The number of carbonyl (C=O) groups is 2. The van der Waals surface area contributed by atoms with E-state index in [1.165, 1.54) is 7.05 Å². The third kappa shape index (κ3) is 2.67. The molecule has 1 aromatic heterocycles. The highest BCUT2D eigenvalue weighted by molar-refractivity contribution is 6.05. The molecule has 0 atom stereocenters. The highest BCUT2D eigenvalue weighted by Gasteiger charge is 2.33. The molecule has 0 unspecified atom stereocenters. The quantitative estimate of drug-likeness (QED) is 0.897. The van der Waals surface area contributed by atoms with Gasteiger partial charge in [-0.05, 0) is 5.92 Å². The van der Waals surface area contributed by atoms with Crippen molar-refractivity contribution in [2.45, 2.75) is 26.9 Å². The second-order valence-electron chi connectivity index (χ2n) is 5.33. The molecule has 3 amide bonds. The van der Waals surface area contributed by atoms with Crippen molar-refractivity contribution in [3.05, 3.63) is 11.5 Å². The summed E-state index contributed by atoms with van der Waals surface area (Å²) in [5.41, 5.74) is 0.598. The van der Waals surface area contributed by atoms with Crippen LogP contribution in [-0.4, -0.2) is 47.5 Å². The molecule has 1 aromatic rings. The van der Waals surface area contributed by atoms with Crippen LogP contribution in [0.4, 0.5) is 10.6 Å². The smallest absolute Gasteiger partial charge is 0.332 e. The number of fused-ring (bicyclic) bond motifs is 1. The third-order valence-corrected chi connectivity index (χ3v) is 3.12. The number of methoxy groups -OCH3 is 1. The van der Waals surface area contributed by atoms with E-state index in [1.807, 2.05) is 13.8 Å². The van der Waals surface area contributed by atoms with Gasteiger partial charge >= 0.3 is 6.03 Å². The zero-order valence-corrected chi connectivity index (χ0v) is 12.3. The number of amides is 3. The van der Waals surface area contributed by atoms with E-state index >= 15 is 0 Å². The van der Waals surface area contributed by atoms with Crippen LogP contribution in [0.3, 0.4) is 0 Å². The molecule has 0 aliphatic carbocycles. The van der Waals surface area contributed by atoms with Gasteiger partial charge in [0.05, 0.1) is 12.1 Å². The Morgan fingerprint density at radius 3 is 2.70 bits per heavy atom. The normalized spacial score (nSPS) is 15.8. The maximum absolute atomic E-state index is 12.4. The molecule has 1 aliphatic rings. The number of imidazole rings is 1. The van der Waals surface area contributed by atoms with Crippen LogP contribution in [0.1, 0.15) is 25.4 Å². The number of ether oxygens (including phenoxy) is 1. The molecule has 0 fully saturated rings. The van der Waals surface area contributed by atoms with E-state index in [1.54, 1.807) is 12.0 Å². The van der Waals surface area contributed by atoms with E-state index in [4.69, 9.17) is 4.74 Å². The van der Waals surface area contributed by atoms with Gasteiger partial charge in [0.15, 0.2) is 0 Å². The van der Waals surface area contributed by atoms with Crippen molar-refractivity contribution >= 4 is 17.8 Å². The summed E-state index contributed by atoms with van der Waals surface area (Å²) in [6.07, 6.45) is 0.117. The summed E-state index contributed by atoms with van der Waals surface area (Å²) in [4.78, 5) is 34.5. The van der Waals surface area contributed by atoms with Gasteiger partial charge in [-0.2, -0.15) is 0 Å². The fourth-order valence-electron chi connectivity index (χ4n) is 2.18. The fraction of sp³-hybridized carbons (Fsp3) is 0.615. The highest BCUT2D eigenvalue weighted by atomic mass is 16.5. The zero-order valence-electron chi connectivity index (χ0n) is 12.3. The van der Waals surface area contributed by atoms with Gasteiger partial charge in [-0.25, -0.2) is 9.78 Å². The number of hydrogen-bond donors (Lipinski definition) is 1. The number of hydrogen-bond acceptors (Lipinski definition) is 4. The number of H-pyrrole nitrogens is 1. The van der Waals surface area contributed by atoms with Crippen LogP contribution in [0.2, 0.25) is 0 Å². The molecule has 20 heavy (non-hydrogen) atoms. The van der Waals surface area contributed by atoms with Crippen molar-refractivity contribution in [3.63, 3.8) is 0 Å². The van der Waals surface area contributed by atoms with Crippen molar-refractivity contribution in [2.24, 2.45) is 5.92 Å². The summed E-state index contributed by atoms with van der Waals surface area (Å²) in [6.45, 7) is 4.89. The number of aromatic nitrogens is 2. The van der Waals surface area contributed by atoms with Gasteiger partial charge in [0.1, 0.15) is 18.2 Å². The number of carbonyl (C=O) groups excluding carboxylic acids is 2. The Balaban J connectivity index is 2.43. The minimum atomic E-state index is -0.324.